The van der Waals surface area contributed by atoms with Gasteiger partial charge in [0.2, 0.25) is 5.91 Å². The van der Waals surface area contributed by atoms with Crippen LogP contribution in [0.2, 0.25) is 0 Å². The molecule has 0 aromatic heterocycles. The van der Waals surface area contributed by atoms with Crippen molar-refractivity contribution in [2.24, 2.45) is 0 Å². The molecule has 2 aliphatic heterocycles. The topological polar surface area (TPSA) is 72.9 Å². The first-order valence-electron chi connectivity index (χ1n) is 11.0. The summed E-state index contributed by atoms with van der Waals surface area (Å²) >= 11 is 0. The van der Waals surface area contributed by atoms with Crippen LogP contribution in [-0.2, 0) is 4.79 Å². The van der Waals surface area contributed by atoms with Gasteiger partial charge in [0.1, 0.15) is 18.2 Å². The van der Waals surface area contributed by atoms with Crippen molar-refractivity contribution < 1.29 is 23.5 Å². The van der Waals surface area contributed by atoms with Crippen molar-refractivity contribution in [3.05, 3.63) is 90.0 Å². The maximum Gasteiger partial charge on any atom is 0.322 e. The summed E-state index contributed by atoms with van der Waals surface area (Å²) in [5.41, 5.74) is 2.86. The number of nitrogens with one attached hydrogen (secondary N) is 1. The predicted molar refractivity (Wildman–Crippen MR) is 123 cm³/mol. The van der Waals surface area contributed by atoms with Crippen LogP contribution in [0.4, 0.5) is 19.3 Å². The maximum absolute atomic E-state index is 13.6. The number of piperazine rings is 1. The van der Waals surface area contributed by atoms with Gasteiger partial charge in [-0.25, -0.2) is 13.6 Å². The minimum absolute atomic E-state index is 0.112. The van der Waals surface area contributed by atoms with Gasteiger partial charge >= 0.3 is 6.03 Å². The van der Waals surface area contributed by atoms with Gasteiger partial charge in [0, 0.05) is 18.2 Å². The largest absolute Gasteiger partial charge is 0.394 e. The molecular weight excluding hydrogens is 440 g/mol. The minimum Gasteiger partial charge on any atom is -0.394 e. The number of benzene rings is 3. The Morgan fingerprint density at radius 2 is 1.68 bits per heavy atom. The van der Waals surface area contributed by atoms with Crippen molar-refractivity contribution >= 4 is 17.6 Å². The molecule has 34 heavy (non-hydrogen) atoms. The molecule has 2 saturated heterocycles. The van der Waals surface area contributed by atoms with E-state index in [2.05, 4.69) is 5.32 Å². The molecule has 2 heterocycles. The number of halogens is 2. The highest BCUT2D eigenvalue weighted by atomic mass is 19.1. The molecule has 2 aliphatic rings. The molecule has 2 N–H and O–H groups in total. The van der Waals surface area contributed by atoms with Crippen LogP contribution >= 0.6 is 0 Å². The molecular formula is C26H23F2N3O3. The summed E-state index contributed by atoms with van der Waals surface area (Å²) in [5, 5.41) is 12.6. The summed E-state index contributed by atoms with van der Waals surface area (Å²) in [5.74, 6) is -1.17. The molecule has 3 amide bonds. The zero-order valence-corrected chi connectivity index (χ0v) is 18.2. The monoisotopic (exact) mass is 463 g/mol. The van der Waals surface area contributed by atoms with Gasteiger partial charge in [0.15, 0.2) is 0 Å². The minimum atomic E-state index is -0.480. The van der Waals surface area contributed by atoms with E-state index < -0.39 is 11.8 Å². The Balaban J connectivity index is 1.34. The second-order valence-corrected chi connectivity index (χ2v) is 8.60. The number of urea groups is 1. The molecule has 8 heteroatoms. The summed E-state index contributed by atoms with van der Waals surface area (Å²) in [4.78, 5) is 28.6. The summed E-state index contributed by atoms with van der Waals surface area (Å²) in [6.07, 6.45) is 0. The number of hydrogen-bond donors (Lipinski definition) is 2. The highest BCUT2D eigenvalue weighted by molar-refractivity contribution is 5.93. The van der Waals surface area contributed by atoms with E-state index >= 15 is 0 Å². The number of nitrogens with zero attached hydrogens (tertiary/aromatic N) is 2. The number of anilines is 1. The van der Waals surface area contributed by atoms with Crippen LogP contribution in [0.25, 0.3) is 11.1 Å². The van der Waals surface area contributed by atoms with Gasteiger partial charge in [0.25, 0.3) is 0 Å². The molecule has 0 bridgehead atoms. The predicted octanol–water partition coefficient (Wildman–Crippen LogP) is 3.83. The summed E-state index contributed by atoms with van der Waals surface area (Å²) in [6, 6.07) is 18.4. The Kier molecular flexibility index (Phi) is 5.75. The van der Waals surface area contributed by atoms with E-state index in [-0.39, 0.29) is 42.9 Å². The van der Waals surface area contributed by atoms with Crippen LogP contribution in [0.1, 0.15) is 11.5 Å². The molecule has 0 radical (unpaired) electrons. The summed E-state index contributed by atoms with van der Waals surface area (Å²) in [6.45, 7) is -0.00682. The highest BCUT2D eigenvalue weighted by Gasteiger charge is 2.54. The Labute approximate surface area is 195 Å². The third-order valence-electron chi connectivity index (χ3n) is 6.57. The molecule has 0 aliphatic carbocycles. The second kappa shape index (κ2) is 8.87. The Morgan fingerprint density at radius 3 is 2.35 bits per heavy atom. The second-order valence-electron chi connectivity index (χ2n) is 8.60. The smallest absolute Gasteiger partial charge is 0.322 e. The first kappa shape index (κ1) is 22.0. The van der Waals surface area contributed by atoms with Gasteiger partial charge in [-0.15, -0.1) is 0 Å². The molecule has 5 rings (SSSR count). The van der Waals surface area contributed by atoms with Gasteiger partial charge in [-0.3, -0.25) is 4.79 Å². The average molecular weight is 463 g/mol. The van der Waals surface area contributed by atoms with E-state index in [1.165, 1.54) is 35.2 Å². The van der Waals surface area contributed by atoms with Gasteiger partial charge in [-0.05, 0) is 47.0 Å². The number of carbonyl (C=O) groups excluding carboxylic acids is 2. The van der Waals surface area contributed by atoms with Crippen molar-refractivity contribution in [3.8, 4) is 11.1 Å². The third kappa shape index (κ3) is 4.01. The standard InChI is InChI=1S/C26H23F2N3O3/c27-19-4-1-3-18(11-19)16-7-9-17(10-8-16)25-22-13-30(14-24(33)31(22)23(25)15-32)26(34)29-21-6-2-5-20(28)12-21/h1-12,22-23,25,32H,13-15H2,(H,29,34)/t22-,23+,25-/m1/s1. The SMILES string of the molecule is O=C(Nc1cccc(F)c1)N1CC(=O)N2[C@H](C1)[C@@H](c1ccc(-c3cccc(F)c3)cc1)[C@@H]2CO. The maximum atomic E-state index is 13.6. The van der Waals surface area contributed by atoms with Gasteiger partial charge in [0.05, 0.1) is 18.7 Å². The lowest BCUT2D eigenvalue weighted by atomic mass is 9.73. The molecule has 2 fully saturated rings. The average Bonchev–Trinajstić information content (AvgIpc) is 2.80. The Bertz CT molecular complexity index is 1230. The molecule has 0 saturated carbocycles. The molecule has 3 atom stereocenters. The Morgan fingerprint density at radius 1 is 0.971 bits per heavy atom. The molecule has 0 spiro atoms. The fourth-order valence-electron chi connectivity index (χ4n) is 4.99. The molecule has 0 unspecified atom stereocenters. The van der Waals surface area contributed by atoms with E-state index in [0.717, 1.165) is 16.7 Å². The lowest BCUT2D eigenvalue weighted by molar-refractivity contribution is -0.159. The van der Waals surface area contributed by atoms with Crippen LogP contribution in [0.5, 0.6) is 0 Å². The van der Waals surface area contributed by atoms with E-state index in [1.54, 1.807) is 17.0 Å². The quantitative estimate of drug-likeness (QED) is 0.618. The highest BCUT2D eigenvalue weighted by Crippen LogP contribution is 2.43. The van der Waals surface area contributed by atoms with Crippen LogP contribution < -0.4 is 5.32 Å². The Hall–Kier alpha value is -3.78. The van der Waals surface area contributed by atoms with Crippen LogP contribution in [-0.4, -0.2) is 58.6 Å². The van der Waals surface area contributed by atoms with Crippen molar-refractivity contribution in [2.45, 2.75) is 18.0 Å². The van der Waals surface area contributed by atoms with E-state index in [4.69, 9.17) is 0 Å². The first-order chi connectivity index (χ1) is 16.4. The summed E-state index contributed by atoms with van der Waals surface area (Å²) < 4.78 is 27.0. The molecule has 174 valence electrons. The number of aliphatic hydroxyl groups is 1. The number of rotatable bonds is 4. The lowest BCUT2D eigenvalue weighted by Gasteiger charge is -2.58. The fraction of sp³-hybridized carbons (Fsp3) is 0.231. The van der Waals surface area contributed by atoms with Crippen molar-refractivity contribution in [1.29, 1.82) is 0 Å². The number of hydrogen-bond acceptors (Lipinski definition) is 3. The van der Waals surface area contributed by atoms with Crippen molar-refractivity contribution in [1.82, 2.24) is 9.80 Å². The van der Waals surface area contributed by atoms with Gasteiger partial charge in [-0.2, -0.15) is 0 Å². The van der Waals surface area contributed by atoms with E-state index in [0.29, 0.717) is 12.2 Å². The zero-order valence-electron chi connectivity index (χ0n) is 18.2. The first-order valence-corrected chi connectivity index (χ1v) is 11.0. The number of aliphatic hydroxyl groups excluding tert-OH is 1. The van der Waals surface area contributed by atoms with Gasteiger partial charge in [-0.1, -0.05) is 42.5 Å². The van der Waals surface area contributed by atoms with E-state index in [9.17, 15) is 23.5 Å². The fourth-order valence-corrected chi connectivity index (χ4v) is 4.99. The molecule has 3 aromatic rings. The van der Waals surface area contributed by atoms with Crippen molar-refractivity contribution in [3.63, 3.8) is 0 Å². The zero-order chi connectivity index (χ0) is 23.8. The normalized spacial score (nSPS) is 21.6. The van der Waals surface area contributed by atoms with Crippen LogP contribution in [0.3, 0.4) is 0 Å². The molecule has 3 aromatic carbocycles. The van der Waals surface area contributed by atoms with Gasteiger partial charge < -0.3 is 20.2 Å². The summed E-state index contributed by atoms with van der Waals surface area (Å²) in [7, 11) is 0. The number of amides is 3. The van der Waals surface area contributed by atoms with Crippen LogP contribution in [0, 0.1) is 11.6 Å². The van der Waals surface area contributed by atoms with Crippen molar-refractivity contribution in [2.75, 3.05) is 25.0 Å². The lowest BCUT2D eigenvalue weighted by Crippen LogP contribution is -2.73. The van der Waals surface area contributed by atoms with E-state index in [1.807, 2.05) is 30.3 Å². The number of fused-ring (bicyclic) bond motifs is 1. The van der Waals surface area contributed by atoms with Crippen LogP contribution in [0.15, 0.2) is 72.8 Å². The molecule has 6 nitrogen and oxygen atoms in total. The number of carbonyl (C=O) groups is 2. The third-order valence-corrected chi connectivity index (χ3v) is 6.57.